The van der Waals surface area contributed by atoms with Crippen LogP contribution in [0.15, 0.2) is 24.4 Å². The molecule has 3 rings (SSSR count). The molecule has 6 heteroatoms. The Labute approximate surface area is 148 Å². The van der Waals surface area contributed by atoms with Gasteiger partial charge < -0.3 is 10.0 Å². The fraction of sp³-hybridized carbons (Fsp3) is 0.526. The van der Waals surface area contributed by atoms with Crippen molar-refractivity contribution in [3.05, 3.63) is 47.0 Å². The van der Waals surface area contributed by atoms with Gasteiger partial charge in [0.05, 0.1) is 0 Å². The van der Waals surface area contributed by atoms with Crippen LogP contribution in [-0.2, 0) is 25.8 Å². The maximum Gasteiger partial charge on any atom is 0.356 e. The lowest BCUT2D eigenvalue weighted by Crippen LogP contribution is -2.38. The minimum atomic E-state index is -0.914. The van der Waals surface area contributed by atoms with Gasteiger partial charge in [0, 0.05) is 48.7 Å². The zero-order valence-corrected chi connectivity index (χ0v) is 15.0. The van der Waals surface area contributed by atoms with Crippen LogP contribution < -0.4 is 0 Å². The quantitative estimate of drug-likeness (QED) is 0.837. The molecule has 0 bridgehead atoms. The Kier molecular flexibility index (Phi) is 5.48. The molecule has 2 aromatic rings. The fourth-order valence-electron chi connectivity index (χ4n) is 3.63. The zero-order chi connectivity index (χ0) is 17.8. The number of fused-ring (bicyclic) bond motifs is 1. The van der Waals surface area contributed by atoms with E-state index in [0.717, 1.165) is 62.1 Å². The maximum absolute atomic E-state index is 11.6. The van der Waals surface area contributed by atoms with Gasteiger partial charge >= 0.3 is 5.97 Å². The summed E-state index contributed by atoms with van der Waals surface area (Å²) in [7, 11) is 2.12. The molecule has 0 fully saturated rings. The summed E-state index contributed by atoms with van der Waals surface area (Å²) in [4.78, 5) is 18.3. The van der Waals surface area contributed by atoms with Crippen LogP contribution in [0.4, 0.5) is 0 Å². The molecular formula is C19H26N4O2. The first-order valence-corrected chi connectivity index (χ1v) is 9.02. The second-order valence-electron chi connectivity index (χ2n) is 6.75. The largest absolute Gasteiger partial charge is 0.476 e. The van der Waals surface area contributed by atoms with Gasteiger partial charge in [0.15, 0.2) is 5.69 Å². The summed E-state index contributed by atoms with van der Waals surface area (Å²) in [5, 5.41) is 13.9. The molecule has 1 aliphatic carbocycles. The molecule has 1 N–H and O–H groups in total. The van der Waals surface area contributed by atoms with Crippen molar-refractivity contribution in [1.29, 1.82) is 0 Å². The van der Waals surface area contributed by atoms with Gasteiger partial charge in [-0.05, 0) is 44.9 Å². The van der Waals surface area contributed by atoms with E-state index in [1.807, 2.05) is 29.1 Å². The van der Waals surface area contributed by atoms with Crippen molar-refractivity contribution in [3.8, 4) is 0 Å². The lowest BCUT2D eigenvalue weighted by molar-refractivity contribution is 0.0687. The lowest BCUT2D eigenvalue weighted by atomic mass is 9.90. The van der Waals surface area contributed by atoms with Crippen LogP contribution in [0, 0.1) is 0 Å². The van der Waals surface area contributed by atoms with E-state index in [9.17, 15) is 9.90 Å². The number of hydrogen-bond acceptors (Lipinski definition) is 4. The SMILES string of the molecule is CCCn1nc(C(=O)O)c2c1CCC(N(C)CCc1ccccn1)C2. The number of carbonyl (C=O) groups is 1. The lowest BCUT2D eigenvalue weighted by Gasteiger charge is -2.31. The minimum absolute atomic E-state index is 0.242. The fourth-order valence-corrected chi connectivity index (χ4v) is 3.63. The molecule has 6 nitrogen and oxygen atoms in total. The third kappa shape index (κ3) is 3.90. The van der Waals surface area contributed by atoms with Crippen LogP contribution in [0.5, 0.6) is 0 Å². The van der Waals surface area contributed by atoms with Gasteiger partial charge in [-0.3, -0.25) is 9.67 Å². The molecule has 134 valence electrons. The van der Waals surface area contributed by atoms with Gasteiger partial charge in [-0.15, -0.1) is 0 Å². The second kappa shape index (κ2) is 7.78. The molecule has 2 aromatic heterocycles. The van der Waals surface area contributed by atoms with Crippen molar-refractivity contribution >= 4 is 5.97 Å². The Bertz CT molecular complexity index is 727. The number of hydrogen-bond donors (Lipinski definition) is 1. The Balaban J connectivity index is 1.70. The number of carboxylic acids is 1. The summed E-state index contributed by atoms with van der Waals surface area (Å²) in [6, 6.07) is 6.34. The molecule has 0 aliphatic heterocycles. The first kappa shape index (κ1) is 17.6. The average Bonchev–Trinajstić information content (AvgIpc) is 2.99. The standard InChI is InChI=1S/C19H26N4O2/c1-3-11-23-17-8-7-15(13-16(17)18(21-23)19(24)25)22(2)12-9-14-6-4-5-10-20-14/h4-6,10,15H,3,7-9,11-13H2,1-2H3,(H,24,25). The highest BCUT2D eigenvalue weighted by Gasteiger charge is 2.30. The first-order chi connectivity index (χ1) is 12.1. The van der Waals surface area contributed by atoms with E-state index in [1.54, 1.807) is 0 Å². The number of carboxylic acid groups (broad SMARTS) is 1. The number of rotatable bonds is 7. The van der Waals surface area contributed by atoms with Gasteiger partial charge in [-0.25, -0.2) is 4.79 Å². The molecule has 2 heterocycles. The third-order valence-electron chi connectivity index (χ3n) is 5.03. The Hall–Kier alpha value is -2.21. The Morgan fingerprint density at radius 1 is 1.44 bits per heavy atom. The van der Waals surface area contributed by atoms with Crippen LogP contribution in [0.2, 0.25) is 0 Å². The van der Waals surface area contributed by atoms with Crippen molar-refractivity contribution in [2.24, 2.45) is 0 Å². The van der Waals surface area contributed by atoms with Crippen molar-refractivity contribution < 1.29 is 9.90 Å². The highest BCUT2D eigenvalue weighted by Crippen LogP contribution is 2.27. The van der Waals surface area contributed by atoms with Crippen LogP contribution in [0.25, 0.3) is 0 Å². The molecule has 0 saturated carbocycles. The van der Waals surface area contributed by atoms with E-state index in [0.29, 0.717) is 6.04 Å². The predicted octanol–water partition coefficient (Wildman–Crippen LogP) is 2.42. The van der Waals surface area contributed by atoms with Gasteiger partial charge in [-0.1, -0.05) is 13.0 Å². The zero-order valence-electron chi connectivity index (χ0n) is 15.0. The first-order valence-electron chi connectivity index (χ1n) is 9.02. The molecule has 1 atom stereocenters. The number of aromatic carboxylic acids is 1. The molecule has 25 heavy (non-hydrogen) atoms. The van der Waals surface area contributed by atoms with Crippen LogP contribution in [-0.4, -0.2) is 50.4 Å². The number of aromatic nitrogens is 3. The van der Waals surface area contributed by atoms with Gasteiger partial charge in [-0.2, -0.15) is 5.10 Å². The summed E-state index contributed by atoms with van der Waals surface area (Å²) in [6.45, 7) is 3.80. The molecule has 0 amide bonds. The van der Waals surface area contributed by atoms with Crippen molar-refractivity contribution in [2.45, 2.75) is 51.6 Å². The molecule has 0 radical (unpaired) electrons. The molecule has 0 spiro atoms. The summed E-state index contributed by atoms with van der Waals surface area (Å²) in [5.41, 5.74) is 3.38. The van der Waals surface area contributed by atoms with Crippen molar-refractivity contribution in [2.75, 3.05) is 13.6 Å². The van der Waals surface area contributed by atoms with Crippen molar-refractivity contribution in [3.63, 3.8) is 0 Å². The van der Waals surface area contributed by atoms with Crippen molar-refractivity contribution in [1.82, 2.24) is 19.7 Å². The van der Waals surface area contributed by atoms with E-state index in [4.69, 9.17) is 0 Å². The monoisotopic (exact) mass is 342 g/mol. The highest BCUT2D eigenvalue weighted by molar-refractivity contribution is 5.87. The van der Waals surface area contributed by atoms with E-state index in [-0.39, 0.29) is 5.69 Å². The number of pyridine rings is 1. The summed E-state index contributed by atoms with van der Waals surface area (Å²) < 4.78 is 1.91. The third-order valence-corrected chi connectivity index (χ3v) is 5.03. The average molecular weight is 342 g/mol. The molecule has 0 saturated heterocycles. The van der Waals surface area contributed by atoms with Crippen LogP contribution >= 0.6 is 0 Å². The number of nitrogens with zero attached hydrogens (tertiary/aromatic N) is 4. The summed E-state index contributed by atoms with van der Waals surface area (Å²) >= 11 is 0. The molecular weight excluding hydrogens is 316 g/mol. The Morgan fingerprint density at radius 3 is 2.96 bits per heavy atom. The number of aryl methyl sites for hydroxylation is 1. The van der Waals surface area contributed by atoms with Gasteiger partial charge in [0.1, 0.15) is 0 Å². The predicted molar refractivity (Wildman–Crippen MR) is 95.9 cm³/mol. The van der Waals surface area contributed by atoms with Crippen LogP contribution in [0.1, 0.15) is 47.2 Å². The molecule has 1 unspecified atom stereocenters. The van der Waals surface area contributed by atoms with E-state index < -0.39 is 5.97 Å². The summed E-state index contributed by atoms with van der Waals surface area (Å²) in [6.07, 6.45) is 6.39. The Morgan fingerprint density at radius 2 is 2.28 bits per heavy atom. The maximum atomic E-state index is 11.6. The molecule has 0 aromatic carbocycles. The van der Waals surface area contributed by atoms with Gasteiger partial charge in [0.25, 0.3) is 0 Å². The van der Waals surface area contributed by atoms with E-state index >= 15 is 0 Å². The van der Waals surface area contributed by atoms with Gasteiger partial charge in [0.2, 0.25) is 0 Å². The van der Waals surface area contributed by atoms with E-state index in [2.05, 4.69) is 29.0 Å². The minimum Gasteiger partial charge on any atom is -0.476 e. The topological polar surface area (TPSA) is 71.2 Å². The number of likely N-dealkylation sites (N-methyl/N-ethyl adjacent to an activating group) is 1. The summed E-state index contributed by atoms with van der Waals surface area (Å²) in [5.74, 6) is -0.914. The smallest absolute Gasteiger partial charge is 0.356 e. The van der Waals surface area contributed by atoms with E-state index in [1.165, 1.54) is 0 Å². The molecule has 1 aliphatic rings. The highest BCUT2D eigenvalue weighted by atomic mass is 16.4. The van der Waals surface area contributed by atoms with Crippen LogP contribution in [0.3, 0.4) is 0 Å². The normalized spacial score (nSPS) is 16.8. The second-order valence-corrected chi connectivity index (χ2v) is 6.75.